The fraction of sp³-hybridized carbons (Fsp3) is 0.222. The summed E-state index contributed by atoms with van der Waals surface area (Å²) in [6.45, 7) is 0.547. The maximum atomic E-state index is 10.1. The molecule has 0 saturated heterocycles. The van der Waals surface area contributed by atoms with E-state index in [4.69, 9.17) is 5.73 Å². The number of aromatic hydroxyl groups is 1. The van der Waals surface area contributed by atoms with Gasteiger partial charge in [-0.1, -0.05) is 6.07 Å². The van der Waals surface area contributed by atoms with Crippen LogP contribution in [0.2, 0.25) is 0 Å². The minimum atomic E-state index is 0.0628. The SMILES string of the molecule is NCCc1ccc(O)c(NC=O)c1. The number of nitrogens with two attached hydrogens (primary N) is 1. The number of rotatable bonds is 4. The van der Waals surface area contributed by atoms with E-state index >= 15 is 0 Å². The number of anilines is 1. The molecule has 0 unspecified atom stereocenters. The van der Waals surface area contributed by atoms with E-state index < -0.39 is 0 Å². The molecule has 0 aliphatic carbocycles. The Labute approximate surface area is 76.4 Å². The van der Waals surface area contributed by atoms with Crippen molar-refractivity contribution in [2.45, 2.75) is 6.42 Å². The third-order valence-electron chi connectivity index (χ3n) is 1.71. The second kappa shape index (κ2) is 4.47. The second-order valence-electron chi connectivity index (χ2n) is 2.65. The number of carbonyl (C=O) groups is 1. The van der Waals surface area contributed by atoms with E-state index in [1.807, 2.05) is 0 Å². The Balaban J connectivity index is 2.89. The van der Waals surface area contributed by atoms with Gasteiger partial charge in [-0.05, 0) is 30.7 Å². The Kier molecular flexibility index (Phi) is 3.28. The number of hydrogen-bond donors (Lipinski definition) is 3. The summed E-state index contributed by atoms with van der Waals surface area (Å²) < 4.78 is 0. The highest BCUT2D eigenvalue weighted by Crippen LogP contribution is 2.23. The average Bonchev–Trinajstić information content (AvgIpc) is 2.12. The molecule has 4 N–H and O–H groups in total. The van der Waals surface area contributed by atoms with Crippen molar-refractivity contribution in [3.63, 3.8) is 0 Å². The summed E-state index contributed by atoms with van der Waals surface area (Å²) in [6, 6.07) is 5.02. The fourth-order valence-corrected chi connectivity index (χ4v) is 1.08. The first kappa shape index (κ1) is 9.54. The summed E-state index contributed by atoms with van der Waals surface area (Å²) in [5.74, 6) is 0.0628. The lowest BCUT2D eigenvalue weighted by molar-refractivity contribution is -0.105. The molecule has 1 aromatic carbocycles. The summed E-state index contributed by atoms with van der Waals surface area (Å²) in [4.78, 5) is 10.1. The second-order valence-corrected chi connectivity index (χ2v) is 2.65. The molecule has 0 saturated carbocycles. The zero-order valence-corrected chi connectivity index (χ0v) is 7.16. The van der Waals surface area contributed by atoms with Gasteiger partial charge in [-0.15, -0.1) is 0 Å². The van der Waals surface area contributed by atoms with E-state index in [0.717, 1.165) is 12.0 Å². The molecule has 1 amide bonds. The fourth-order valence-electron chi connectivity index (χ4n) is 1.08. The number of hydrogen-bond acceptors (Lipinski definition) is 3. The molecule has 0 heterocycles. The quantitative estimate of drug-likeness (QED) is 0.465. The van der Waals surface area contributed by atoms with Crippen molar-refractivity contribution >= 4 is 12.1 Å². The molecule has 0 fully saturated rings. The van der Waals surface area contributed by atoms with Crippen LogP contribution in [0.5, 0.6) is 5.75 Å². The van der Waals surface area contributed by atoms with Crippen LogP contribution in [0.15, 0.2) is 18.2 Å². The largest absolute Gasteiger partial charge is 0.506 e. The van der Waals surface area contributed by atoms with Gasteiger partial charge in [-0.25, -0.2) is 0 Å². The standard InChI is InChI=1S/C9H12N2O2/c10-4-3-7-1-2-9(13)8(5-7)11-6-12/h1-2,5-6,13H,3-4,10H2,(H,11,12). The molecule has 0 radical (unpaired) electrons. The summed E-state index contributed by atoms with van der Waals surface area (Å²) >= 11 is 0. The van der Waals surface area contributed by atoms with Gasteiger partial charge in [-0.3, -0.25) is 4.79 Å². The molecule has 0 aliphatic rings. The van der Waals surface area contributed by atoms with Crippen LogP contribution in [0.3, 0.4) is 0 Å². The zero-order valence-electron chi connectivity index (χ0n) is 7.16. The monoisotopic (exact) mass is 180 g/mol. The Morgan fingerprint density at radius 3 is 2.92 bits per heavy atom. The van der Waals surface area contributed by atoms with Gasteiger partial charge in [0.05, 0.1) is 5.69 Å². The molecule has 0 bridgehead atoms. The van der Waals surface area contributed by atoms with Gasteiger partial charge in [0.2, 0.25) is 6.41 Å². The van der Waals surface area contributed by atoms with Gasteiger partial charge in [0.1, 0.15) is 5.75 Å². The van der Waals surface area contributed by atoms with E-state index in [2.05, 4.69) is 5.32 Å². The number of phenolic OH excluding ortho intramolecular Hbond substituents is 1. The van der Waals surface area contributed by atoms with Crippen LogP contribution < -0.4 is 11.1 Å². The van der Waals surface area contributed by atoms with Crippen molar-refractivity contribution in [1.29, 1.82) is 0 Å². The van der Waals surface area contributed by atoms with Gasteiger partial charge in [0.15, 0.2) is 0 Å². The molecule has 13 heavy (non-hydrogen) atoms. The van der Waals surface area contributed by atoms with Gasteiger partial charge in [0.25, 0.3) is 0 Å². The Morgan fingerprint density at radius 2 is 2.31 bits per heavy atom. The van der Waals surface area contributed by atoms with Crippen molar-refractivity contribution in [2.75, 3.05) is 11.9 Å². The topological polar surface area (TPSA) is 75.3 Å². The summed E-state index contributed by atoms with van der Waals surface area (Å²) in [6.07, 6.45) is 1.26. The molecule has 0 aromatic heterocycles. The van der Waals surface area contributed by atoms with Crippen molar-refractivity contribution in [3.05, 3.63) is 23.8 Å². The lowest BCUT2D eigenvalue weighted by Gasteiger charge is -2.05. The number of benzene rings is 1. The van der Waals surface area contributed by atoms with E-state index in [1.54, 1.807) is 12.1 Å². The molecular weight excluding hydrogens is 168 g/mol. The molecule has 0 atom stereocenters. The molecule has 4 nitrogen and oxygen atoms in total. The molecule has 0 spiro atoms. The Morgan fingerprint density at radius 1 is 1.54 bits per heavy atom. The molecule has 1 rings (SSSR count). The van der Waals surface area contributed by atoms with Gasteiger partial charge < -0.3 is 16.2 Å². The van der Waals surface area contributed by atoms with Crippen molar-refractivity contribution in [3.8, 4) is 5.75 Å². The van der Waals surface area contributed by atoms with Crippen LogP contribution in [0, 0.1) is 0 Å². The number of phenols is 1. The Hall–Kier alpha value is -1.55. The summed E-state index contributed by atoms with van der Waals surface area (Å²) in [5, 5.41) is 11.7. The van der Waals surface area contributed by atoms with Crippen molar-refractivity contribution in [2.24, 2.45) is 5.73 Å². The Bertz CT molecular complexity index is 300. The van der Waals surface area contributed by atoms with Gasteiger partial charge in [-0.2, -0.15) is 0 Å². The predicted octanol–water partition coefficient (Wildman–Crippen LogP) is 0.462. The maximum Gasteiger partial charge on any atom is 0.211 e. The molecule has 0 aliphatic heterocycles. The lowest BCUT2D eigenvalue weighted by Crippen LogP contribution is -2.03. The highest BCUT2D eigenvalue weighted by atomic mass is 16.3. The molecule has 1 aromatic rings. The maximum absolute atomic E-state index is 10.1. The third kappa shape index (κ3) is 2.45. The van der Waals surface area contributed by atoms with Gasteiger partial charge >= 0.3 is 0 Å². The third-order valence-corrected chi connectivity index (χ3v) is 1.71. The van der Waals surface area contributed by atoms with Crippen LogP contribution in [-0.4, -0.2) is 18.1 Å². The first-order valence-electron chi connectivity index (χ1n) is 4.00. The first-order chi connectivity index (χ1) is 6.27. The molecule has 4 heteroatoms. The van der Waals surface area contributed by atoms with E-state index in [0.29, 0.717) is 18.6 Å². The number of carbonyl (C=O) groups excluding carboxylic acids is 1. The van der Waals surface area contributed by atoms with Crippen molar-refractivity contribution in [1.82, 2.24) is 0 Å². The average molecular weight is 180 g/mol. The van der Waals surface area contributed by atoms with Crippen LogP contribution in [0.1, 0.15) is 5.56 Å². The smallest absolute Gasteiger partial charge is 0.211 e. The lowest BCUT2D eigenvalue weighted by atomic mass is 10.1. The molecular formula is C9H12N2O2. The molecule has 70 valence electrons. The van der Waals surface area contributed by atoms with Gasteiger partial charge in [0, 0.05) is 0 Å². The van der Waals surface area contributed by atoms with E-state index in [1.165, 1.54) is 6.07 Å². The normalized spacial score (nSPS) is 9.62. The zero-order chi connectivity index (χ0) is 9.68. The summed E-state index contributed by atoms with van der Waals surface area (Å²) in [5.41, 5.74) is 6.78. The predicted molar refractivity (Wildman–Crippen MR) is 50.6 cm³/mol. The minimum Gasteiger partial charge on any atom is -0.506 e. The van der Waals surface area contributed by atoms with Crippen molar-refractivity contribution < 1.29 is 9.90 Å². The van der Waals surface area contributed by atoms with Crippen LogP contribution in [0.4, 0.5) is 5.69 Å². The van der Waals surface area contributed by atoms with E-state index in [9.17, 15) is 9.90 Å². The van der Waals surface area contributed by atoms with E-state index in [-0.39, 0.29) is 5.75 Å². The highest BCUT2D eigenvalue weighted by molar-refractivity contribution is 5.75. The van der Waals surface area contributed by atoms with Crippen LogP contribution in [-0.2, 0) is 11.2 Å². The first-order valence-corrected chi connectivity index (χ1v) is 4.00. The number of nitrogens with one attached hydrogen (secondary N) is 1. The minimum absolute atomic E-state index is 0.0628. The number of amides is 1. The van der Waals surface area contributed by atoms with Crippen LogP contribution >= 0.6 is 0 Å². The van der Waals surface area contributed by atoms with Crippen LogP contribution in [0.25, 0.3) is 0 Å². The highest BCUT2D eigenvalue weighted by Gasteiger charge is 2.00. The summed E-state index contributed by atoms with van der Waals surface area (Å²) in [7, 11) is 0.